The molecule has 0 saturated carbocycles. The minimum atomic E-state index is -0.405. The summed E-state index contributed by atoms with van der Waals surface area (Å²) >= 11 is 0. The predicted octanol–water partition coefficient (Wildman–Crippen LogP) is 0.110. The summed E-state index contributed by atoms with van der Waals surface area (Å²) in [5, 5.41) is 12.8. The second-order valence-corrected chi connectivity index (χ2v) is 4.63. The molecular weight excluding hydrogens is 192 g/mol. The van der Waals surface area contributed by atoms with E-state index in [4.69, 9.17) is 0 Å². The average molecular weight is 212 g/mol. The number of carbonyl (C=O) groups excluding carboxylic acids is 1. The highest BCUT2D eigenvalue weighted by Gasteiger charge is 2.35. The van der Waals surface area contributed by atoms with E-state index in [1.807, 2.05) is 4.90 Å². The quantitative estimate of drug-likeness (QED) is 0.683. The summed E-state index contributed by atoms with van der Waals surface area (Å²) in [5.74, 6) is 0.191. The van der Waals surface area contributed by atoms with E-state index < -0.39 is 6.10 Å². The zero-order chi connectivity index (χ0) is 10.8. The van der Waals surface area contributed by atoms with E-state index in [0.29, 0.717) is 0 Å². The molecule has 3 atom stereocenters. The topological polar surface area (TPSA) is 52.6 Å². The Morgan fingerprint density at radius 3 is 2.87 bits per heavy atom. The van der Waals surface area contributed by atoms with Crippen LogP contribution in [0, 0.1) is 0 Å². The molecule has 2 rings (SSSR count). The summed E-state index contributed by atoms with van der Waals surface area (Å²) < 4.78 is 0. The van der Waals surface area contributed by atoms with Crippen molar-refractivity contribution < 1.29 is 9.90 Å². The van der Waals surface area contributed by atoms with Gasteiger partial charge in [-0.15, -0.1) is 0 Å². The Bertz CT molecular complexity index is 237. The molecule has 0 aromatic heterocycles. The lowest BCUT2D eigenvalue weighted by atomic mass is 10.1. The molecule has 4 heteroatoms. The Labute approximate surface area is 90.6 Å². The van der Waals surface area contributed by atoms with E-state index in [1.165, 1.54) is 0 Å². The fourth-order valence-electron chi connectivity index (χ4n) is 2.66. The molecule has 2 aliphatic rings. The van der Waals surface area contributed by atoms with Crippen LogP contribution in [-0.2, 0) is 4.79 Å². The van der Waals surface area contributed by atoms with Crippen molar-refractivity contribution >= 4 is 5.91 Å². The van der Waals surface area contributed by atoms with Gasteiger partial charge in [-0.1, -0.05) is 0 Å². The molecule has 2 fully saturated rings. The van der Waals surface area contributed by atoms with Gasteiger partial charge in [0.1, 0.15) is 0 Å². The lowest BCUT2D eigenvalue weighted by Crippen LogP contribution is -2.48. The molecule has 0 aliphatic carbocycles. The van der Waals surface area contributed by atoms with Gasteiger partial charge in [-0.3, -0.25) is 4.79 Å². The van der Waals surface area contributed by atoms with Crippen LogP contribution < -0.4 is 5.32 Å². The summed E-state index contributed by atoms with van der Waals surface area (Å²) in [6.07, 6.45) is 3.59. The van der Waals surface area contributed by atoms with Gasteiger partial charge in [0.15, 0.2) is 0 Å². The van der Waals surface area contributed by atoms with Crippen molar-refractivity contribution in [1.29, 1.82) is 0 Å². The number of nitrogens with zero attached hydrogens (tertiary/aromatic N) is 1. The van der Waals surface area contributed by atoms with Gasteiger partial charge in [0, 0.05) is 6.54 Å². The van der Waals surface area contributed by atoms with Crippen LogP contribution in [0.1, 0.15) is 32.6 Å². The molecule has 2 saturated heterocycles. The summed E-state index contributed by atoms with van der Waals surface area (Å²) in [6, 6.07) is 0.0456. The second kappa shape index (κ2) is 4.49. The fourth-order valence-corrected chi connectivity index (χ4v) is 2.66. The first-order valence-corrected chi connectivity index (χ1v) is 5.92. The SMILES string of the molecule is C[C@H](O)[C@@H]1CCCN1C(=O)[C@H]1CCCN1. The third-order valence-electron chi connectivity index (χ3n) is 3.50. The maximum atomic E-state index is 12.1. The molecule has 4 nitrogen and oxygen atoms in total. The van der Waals surface area contributed by atoms with Gasteiger partial charge in [-0.05, 0) is 39.2 Å². The van der Waals surface area contributed by atoms with Crippen LogP contribution in [0.2, 0.25) is 0 Å². The molecule has 1 amide bonds. The Hall–Kier alpha value is -0.610. The number of amides is 1. The summed E-state index contributed by atoms with van der Waals surface area (Å²) in [6.45, 7) is 3.54. The highest BCUT2D eigenvalue weighted by atomic mass is 16.3. The summed E-state index contributed by atoms with van der Waals surface area (Å²) in [7, 11) is 0. The lowest BCUT2D eigenvalue weighted by Gasteiger charge is -2.29. The number of nitrogens with one attached hydrogen (secondary N) is 1. The first kappa shape index (κ1) is 10.9. The van der Waals surface area contributed by atoms with Gasteiger partial charge in [-0.2, -0.15) is 0 Å². The molecule has 0 aromatic rings. The zero-order valence-corrected chi connectivity index (χ0v) is 9.28. The number of likely N-dealkylation sites (tertiary alicyclic amines) is 1. The Morgan fingerprint density at radius 2 is 2.27 bits per heavy atom. The monoisotopic (exact) mass is 212 g/mol. The normalized spacial score (nSPS) is 33.3. The number of hydrogen-bond donors (Lipinski definition) is 2. The minimum Gasteiger partial charge on any atom is -0.391 e. The van der Waals surface area contributed by atoms with Crippen molar-refractivity contribution in [3.63, 3.8) is 0 Å². The van der Waals surface area contributed by atoms with Gasteiger partial charge in [0.05, 0.1) is 18.2 Å². The third-order valence-corrected chi connectivity index (χ3v) is 3.50. The van der Waals surface area contributed by atoms with Crippen molar-refractivity contribution in [3.05, 3.63) is 0 Å². The van der Waals surface area contributed by atoms with Crippen LogP contribution in [0.25, 0.3) is 0 Å². The number of rotatable bonds is 2. The van der Waals surface area contributed by atoms with Gasteiger partial charge >= 0.3 is 0 Å². The predicted molar refractivity (Wildman–Crippen MR) is 57.4 cm³/mol. The van der Waals surface area contributed by atoms with Crippen molar-refractivity contribution in [2.24, 2.45) is 0 Å². The van der Waals surface area contributed by atoms with Crippen LogP contribution >= 0.6 is 0 Å². The Morgan fingerprint density at radius 1 is 1.47 bits per heavy atom. The molecule has 0 bridgehead atoms. The van der Waals surface area contributed by atoms with E-state index in [1.54, 1.807) is 6.92 Å². The van der Waals surface area contributed by atoms with Crippen molar-refractivity contribution in [2.45, 2.75) is 50.8 Å². The first-order chi connectivity index (χ1) is 7.20. The molecule has 86 valence electrons. The standard InChI is InChI=1S/C11H20N2O2/c1-8(14)10-5-3-7-13(10)11(15)9-4-2-6-12-9/h8-10,12,14H,2-7H2,1H3/t8-,9+,10-/m0/s1. The highest BCUT2D eigenvalue weighted by molar-refractivity contribution is 5.82. The number of hydrogen-bond acceptors (Lipinski definition) is 3. The Balaban J connectivity index is 1.99. The maximum absolute atomic E-state index is 12.1. The van der Waals surface area contributed by atoms with Crippen molar-refractivity contribution in [2.75, 3.05) is 13.1 Å². The highest BCUT2D eigenvalue weighted by Crippen LogP contribution is 2.22. The molecule has 0 unspecified atom stereocenters. The molecule has 2 N–H and O–H groups in total. The molecule has 0 spiro atoms. The first-order valence-electron chi connectivity index (χ1n) is 5.92. The fraction of sp³-hybridized carbons (Fsp3) is 0.909. The molecule has 0 aromatic carbocycles. The summed E-state index contributed by atoms with van der Waals surface area (Å²) in [5.41, 5.74) is 0. The summed E-state index contributed by atoms with van der Waals surface area (Å²) in [4.78, 5) is 14.0. The van der Waals surface area contributed by atoms with Crippen molar-refractivity contribution in [1.82, 2.24) is 10.2 Å². The minimum absolute atomic E-state index is 0.00403. The lowest BCUT2D eigenvalue weighted by molar-refractivity contribution is -0.135. The van der Waals surface area contributed by atoms with Crippen LogP contribution in [0.5, 0.6) is 0 Å². The van der Waals surface area contributed by atoms with Crippen LogP contribution in [0.15, 0.2) is 0 Å². The van der Waals surface area contributed by atoms with Gasteiger partial charge in [0.25, 0.3) is 0 Å². The van der Waals surface area contributed by atoms with E-state index in [0.717, 1.165) is 38.8 Å². The molecule has 0 radical (unpaired) electrons. The van der Waals surface area contributed by atoms with Gasteiger partial charge in [0.2, 0.25) is 5.91 Å². The zero-order valence-electron chi connectivity index (χ0n) is 9.28. The van der Waals surface area contributed by atoms with Crippen LogP contribution in [0.3, 0.4) is 0 Å². The van der Waals surface area contributed by atoms with Crippen LogP contribution in [0.4, 0.5) is 0 Å². The van der Waals surface area contributed by atoms with Crippen LogP contribution in [-0.4, -0.2) is 47.2 Å². The molecular formula is C11H20N2O2. The van der Waals surface area contributed by atoms with E-state index in [-0.39, 0.29) is 18.0 Å². The maximum Gasteiger partial charge on any atom is 0.240 e. The Kier molecular flexibility index (Phi) is 3.26. The van der Waals surface area contributed by atoms with Gasteiger partial charge in [-0.25, -0.2) is 0 Å². The number of aliphatic hydroxyl groups is 1. The van der Waals surface area contributed by atoms with Gasteiger partial charge < -0.3 is 15.3 Å². The largest absolute Gasteiger partial charge is 0.391 e. The van der Waals surface area contributed by atoms with E-state index >= 15 is 0 Å². The average Bonchev–Trinajstić information content (AvgIpc) is 2.88. The van der Waals surface area contributed by atoms with E-state index in [9.17, 15) is 9.90 Å². The van der Waals surface area contributed by atoms with E-state index in [2.05, 4.69) is 5.32 Å². The second-order valence-electron chi connectivity index (χ2n) is 4.63. The van der Waals surface area contributed by atoms with Crippen molar-refractivity contribution in [3.8, 4) is 0 Å². The number of carbonyl (C=O) groups is 1. The molecule has 15 heavy (non-hydrogen) atoms. The third kappa shape index (κ3) is 2.16. The molecule has 2 aliphatic heterocycles. The number of aliphatic hydroxyl groups excluding tert-OH is 1. The smallest absolute Gasteiger partial charge is 0.240 e. The molecule has 2 heterocycles.